The lowest BCUT2D eigenvalue weighted by Gasteiger charge is -2.29. The van der Waals surface area contributed by atoms with Gasteiger partial charge in [-0.15, -0.1) is 0 Å². The van der Waals surface area contributed by atoms with E-state index in [1.165, 1.54) is 22.5 Å². The summed E-state index contributed by atoms with van der Waals surface area (Å²) < 4.78 is 0. The number of para-hydroxylation sites is 3. The standard InChI is InChI=1S/C37H32N2/c1-29-12-11-19-37(28-29)39(34-17-9-4-10-18-34)36-26-22-31(23-27-36)30-20-24-35(25-21-30)38(32-13-5-2-6-14-32)33-15-7-3-8-16-33/h2-11,13-29H,12H2,1H3. The van der Waals surface area contributed by atoms with E-state index >= 15 is 0 Å². The van der Waals surface area contributed by atoms with E-state index in [2.05, 4.69) is 174 Å². The van der Waals surface area contributed by atoms with E-state index in [4.69, 9.17) is 0 Å². The first kappa shape index (κ1) is 24.5. The van der Waals surface area contributed by atoms with Crippen molar-refractivity contribution in [3.05, 3.63) is 163 Å². The molecule has 0 saturated heterocycles. The molecule has 6 rings (SSSR count). The minimum absolute atomic E-state index is 0.528. The van der Waals surface area contributed by atoms with Gasteiger partial charge in [0.2, 0.25) is 0 Å². The summed E-state index contributed by atoms with van der Waals surface area (Å²) in [7, 11) is 0. The first-order valence-electron chi connectivity index (χ1n) is 13.6. The van der Waals surface area contributed by atoms with Gasteiger partial charge in [-0.25, -0.2) is 0 Å². The number of rotatable bonds is 7. The Morgan fingerprint density at radius 3 is 1.28 bits per heavy atom. The van der Waals surface area contributed by atoms with Gasteiger partial charge in [0, 0.05) is 34.1 Å². The second-order valence-electron chi connectivity index (χ2n) is 9.98. The van der Waals surface area contributed by atoms with E-state index in [-0.39, 0.29) is 0 Å². The molecule has 0 amide bonds. The molecule has 2 nitrogen and oxygen atoms in total. The Hall–Kier alpha value is -4.82. The van der Waals surface area contributed by atoms with Crippen LogP contribution in [0, 0.1) is 5.92 Å². The van der Waals surface area contributed by atoms with E-state index in [0.717, 1.165) is 29.2 Å². The molecule has 39 heavy (non-hydrogen) atoms. The first-order chi connectivity index (χ1) is 19.3. The Morgan fingerprint density at radius 1 is 0.462 bits per heavy atom. The summed E-state index contributed by atoms with van der Waals surface area (Å²) in [6.07, 6.45) is 7.97. The van der Waals surface area contributed by atoms with Crippen molar-refractivity contribution in [3.8, 4) is 11.1 Å². The number of hydrogen-bond acceptors (Lipinski definition) is 2. The molecule has 0 N–H and O–H groups in total. The molecule has 0 heterocycles. The van der Waals surface area contributed by atoms with Gasteiger partial charge in [-0.05, 0) is 90.2 Å². The number of allylic oxidation sites excluding steroid dienone is 3. The molecule has 0 aromatic heterocycles. The summed E-state index contributed by atoms with van der Waals surface area (Å²) in [5.74, 6) is 0.528. The van der Waals surface area contributed by atoms with Crippen LogP contribution in [0.4, 0.5) is 28.4 Å². The minimum Gasteiger partial charge on any atom is -0.311 e. The van der Waals surface area contributed by atoms with E-state index in [1.54, 1.807) is 0 Å². The van der Waals surface area contributed by atoms with Gasteiger partial charge < -0.3 is 9.80 Å². The normalized spacial score (nSPS) is 14.5. The molecule has 0 radical (unpaired) electrons. The fourth-order valence-corrected chi connectivity index (χ4v) is 5.20. The summed E-state index contributed by atoms with van der Waals surface area (Å²) in [5.41, 5.74) is 9.36. The predicted molar refractivity (Wildman–Crippen MR) is 166 cm³/mol. The van der Waals surface area contributed by atoms with Crippen molar-refractivity contribution in [1.82, 2.24) is 0 Å². The molecule has 0 bridgehead atoms. The van der Waals surface area contributed by atoms with Crippen molar-refractivity contribution in [2.75, 3.05) is 9.80 Å². The number of nitrogens with zero attached hydrogens (tertiary/aromatic N) is 2. The third-order valence-electron chi connectivity index (χ3n) is 7.14. The summed E-state index contributed by atoms with van der Waals surface area (Å²) in [6, 6.07) is 49.4. The highest BCUT2D eigenvalue weighted by Crippen LogP contribution is 2.37. The number of benzene rings is 5. The van der Waals surface area contributed by atoms with Gasteiger partial charge >= 0.3 is 0 Å². The predicted octanol–water partition coefficient (Wildman–Crippen LogP) is 10.4. The lowest BCUT2D eigenvalue weighted by Crippen LogP contribution is -2.17. The van der Waals surface area contributed by atoms with Crippen LogP contribution in [0.5, 0.6) is 0 Å². The largest absolute Gasteiger partial charge is 0.311 e. The Kier molecular flexibility index (Phi) is 7.09. The van der Waals surface area contributed by atoms with Gasteiger partial charge in [0.05, 0.1) is 0 Å². The lowest BCUT2D eigenvalue weighted by atomic mass is 9.99. The van der Waals surface area contributed by atoms with Crippen LogP contribution >= 0.6 is 0 Å². The molecule has 2 heteroatoms. The van der Waals surface area contributed by atoms with Crippen molar-refractivity contribution in [2.45, 2.75) is 13.3 Å². The Balaban J connectivity index is 1.30. The van der Waals surface area contributed by atoms with Crippen molar-refractivity contribution in [3.63, 3.8) is 0 Å². The van der Waals surface area contributed by atoms with Crippen LogP contribution in [0.2, 0.25) is 0 Å². The van der Waals surface area contributed by atoms with Crippen LogP contribution in [0.3, 0.4) is 0 Å². The second-order valence-corrected chi connectivity index (χ2v) is 9.98. The topological polar surface area (TPSA) is 6.48 Å². The lowest BCUT2D eigenvalue weighted by molar-refractivity contribution is 0.726. The van der Waals surface area contributed by atoms with E-state index in [9.17, 15) is 0 Å². The maximum absolute atomic E-state index is 2.37. The molecule has 1 aliphatic carbocycles. The zero-order valence-electron chi connectivity index (χ0n) is 22.2. The highest BCUT2D eigenvalue weighted by molar-refractivity contribution is 5.79. The smallest absolute Gasteiger partial charge is 0.0462 e. The Labute approximate surface area is 231 Å². The third-order valence-corrected chi connectivity index (χ3v) is 7.14. The number of hydrogen-bond donors (Lipinski definition) is 0. The van der Waals surface area contributed by atoms with E-state index in [1.807, 2.05) is 0 Å². The molecule has 0 aliphatic heterocycles. The number of anilines is 5. The fraction of sp³-hybridized carbons (Fsp3) is 0.0811. The summed E-state index contributed by atoms with van der Waals surface area (Å²) >= 11 is 0. The quantitative estimate of drug-likeness (QED) is 0.217. The molecule has 1 unspecified atom stereocenters. The molecule has 0 spiro atoms. The van der Waals surface area contributed by atoms with E-state index < -0.39 is 0 Å². The summed E-state index contributed by atoms with van der Waals surface area (Å²) in [5, 5.41) is 0. The molecule has 190 valence electrons. The minimum atomic E-state index is 0.528. The first-order valence-corrected chi connectivity index (χ1v) is 13.6. The summed E-state index contributed by atoms with van der Waals surface area (Å²) in [6.45, 7) is 2.27. The van der Waals surface area contributed by atoms with Gasteiger partial charge in [0.15, 0.2) is 0 Å². The summed E-state index contributed by atoms with van der Waals surface area (Å²) in [4.78, 5) is 4.63. The van der Waals surface area contributed by atoms with Crippen LogP contribution in [-0.2, 0) is 0 Å². The maximum atomic E-state index is 2.37. The van der Waals surface area contributed by atoms with Gasteiger partial charge in [-0.3, -0.25) is 0 Å². The highest BCUT2D eigenvalue weighted by atomic mass is 15.1. The zero-order valence-corrected chi connectivity index (χ0v) is 22.2. The van der Waals surface area contributed by atoms with Crippen molar-refractivity contribution in [2.24, 2.45) is 5.92 Å². The maximum Gasteiger partial charge on any atom is 0.0462 e. The Bertz CT molecular complexity index is 1510. The van der Waals surface area contributed by atoms with Crippen LogP contribution < -0.4 is 9.80 Å². The van der Waals surface area contributed by atoms with Gasteiger partial charge in [0.1, 0.15) is 0 Å². The van der Waals surface area contributed by atoms with Crippen LogP contribution in [0.25, 0.3) is 11.1 Å². The molecular weight excluding hydrogens is 472 g/mol. The molecule has 5 aromatic carbocycles. The van der Waals surface area contributed by atoms with Gasteiger partial charge in [-0.1, -0.05) is 97.9 Å². The molecule has 1 aliphatic rings. The van der Waals surface area contributed by atoms with Crippen molar-refractivity contribution < 1.29 is 0 Å². The van der Waals surface area contributed by atoms with Crippen LogP contribution in [0.1, 0.15) is 13.3 Å². The average Bonchev–Trinajstić information content (AvgIpc) is 3.00. The molecule has 5 aromatic rings. The van der Waals surface area contributed by atoms with Crippen LogP contribution in [-0.4, -0.2) is 0 Å². The molecule has 0 saturated carbocycles. The molecular formula is C37H32N2. The Morgan fingerprint density at radius 2 is 0.846 bits per heavy atom. The van der Waals surface area contributed by atoms with Crippen molar-refractivity contribution >= 4 is 28.4 Å². The fourth-order valence-electron chi connectivity index (χ4n) is 5.20. The van der Waals surface area contributed by atoms with Gasteiger partial charge in [-0.2, -0.15) is 0 Å². The second kappa shape index (κ2) is 11.3. The monoisotopic (exact) mass is 504 g/mol. The van der Waals surface area contributed by atoms with Gasteiger partial charge in [0.25, 0.3) is 0 Å². The molecule has 0 fully saturated rings. The highest BCUT2D eigenvalue weighted by Gasteiger charge is 2.16. The van der Waals surface area contributed by atoms with Crippen LogP contribution in [0.15, 0.2) is 163 Å². The third kappa shape index (κ3) is 5.42. The zero-order chi connectivity index (χ0) is 26.4. The molecule has 1 atom stereocenters. The van der Waals surface area contributed by atoms with E-state index in [0.29, 0.717) is 5.92 Å². The van der Waals surface area contributed by atoms with Crippen molar-refractivity contribution in [1.29, 1.82) is 0 Å². The SMILES string of the molecule is CC1C=C(N(c2ccccc2)c2ccc(-c3ccc(N(c4ccccc4)c4ccccc4)cc3)cc2)C=CC1. The average molecular weight is 505 g/mol.